The minimum Gasteiger partial charge on any atom is -0.340 e. The minimum absolute atomic E-state index is 0.230. The van der Waals surface area contributed by atoms with Gasteiger partial charge in [0.05, 0.1) is 4.90 Å². The van der Waals surface area contributed by atoms with Crippen molar-refractivity contribution < 1.29 is 8.42 Å². The first kappa shape index (κ1) is 23.3. The van der Waals surface area contributed by atoms with Gasteiger partial charge in [-0.1, -0.05) is 36.8 Å². The first-order chi connectivity index (χ1) is 16.3. The minimum atomic E-state index is -3.66. The second-order valence-electron chi connectivity index (χ2n) is 8.01. The SMILES string of the molecule is CCc1ccc(S(=O)(=O)Nc2ccc(Nc3nc(C)cc(Nc4ccc(C)cc4)n3)cc2)cc1. The third-order valence-corrected chi connectivity index (χ3v) is 6.61. The van der Waals surface area contributed by atoms with E-state index in [9.17, 15) is 8.42 Å². The molecular formula is C26H27N5O2S. The van der Waals surface area contributed by atoms with Gasteiger partial charge in [-0.15, -0.1) is 0 Å². The van der Waals surface area contributed by atoms with E-state index in [-0.39, 0.29) is 4.90 Å². The van der Waals surface area contributed by atoms with E-state index in [2.05, 4.69) is 25.3 Å². The molecule has 4 rings (SSSR count). The standard InChI is InChI=1S/C26H27N5O2S/c1-4-20-7-15-24(16-8-20)34(32,33)31-23-13-11-22(12-14-23)29-26-27-19(3)17-25(30-26)28-21-9-5-18(2)6-10-21/h5-17,31H,4H2,1-3H3,(H2,27,28,29,30). The topological polar surface area (TPSA) is 96.0 Å². The highest BCUT2D eigenvalue weighted by Crippen LogP contribution is 2.22. The summed E-state index contributed by atoms with van der Waals surface area (Å²) >= 11 is 0. The summed E-state index contributed by atoms with van der Waals surface area (Å²) in [5.74, 6) is 1.12. The maximum atomic E-state index is 12.7. The molecule has 0 atom stereocenters. The van der Waals surface area contributed by atoms with Gasteiger partial charge in [0, 0.05) is 28.8 Å². The molecule has 8 heteroatoms. The molecule has 0 amide bonds. The van der Waals surface area contributed by atoms with Crippen LogP contribution in [0, 0.1) is 13.8 Å². The van der Waals surface area contributed by atoms with Crippen LogP contribution in [-0.2, 0) is 16.4 Å². The van der Waals surface area contributed by atoms with Crippen molar-refractivity contribution in [1.29, 1.82) is 0 Å². The van der Waals surface area contributed by atoms with Gasteiger partial charge in [0.25, 0.3) is 10.0 Å². The zero-order valence-electron chi connectivity index (χ0n) is 19.3. The average molecular weight is 474 g/mol. The van der Waals surface area contributed by atoms with Gasteiger partial charge in [0.15, 0.2) is 0 Å². The molecule has 0 aliphatic carbocycles. The van der Waals surface area contributed by atoms with Crippen molar-refractivity contribution in [3.05, 3.63) is 95.7 Å². The summed E-state index contributed by atoms with van der Waals surface area (Å²) in [4.78, 5) is 9.21. The van der Waals surface area contributed by atoms with E-state index >= 15 is 0 Å². The predicted octanol–water partition coefficient (Wildman–Crippen LogP) is 5.94. The van der Waals surface area contributed by atoms with Crippen molar-refractivity contribution in [2.75, 3.05) is 15.4 Å². The average Bonchev–Trinajstić information content (AvgIpc) is 2.81. The molecule has 3 N–H and O–H groups in total. The molecule has 0 saturated carbocycles. The Morgan fingerprint density at radius 3 is 1.97 bits per heavy atom. The Morgan fingerprint density at radius 1 is 0.735 bits per heavy atom. The molecule has 0 unspecified atom stereocenters. The molecular weight excluding hydrogens is 446 g/mol. The third-order valence-electron chi connectivity index (χ3n) is 5.21. The largest absolute Gasteiger partial charge is 0.340 e. The van der Waals surface area contributed by atoms with E-state index in [4.69, 9.17) is 0 Å². The molecule has 3 aromatic carbocycles. The van der Waals surface area contributed by atoms with E-state index in [1.807, 2.05) is 63.2 Å². The van der Waals surface area contributed by atoms with Crippen molar-refractivity contribution in [3.63, 3.8) is 0 Å². The molecule has 34 heavy (non-hydrogen) atoms. The number of benzene rings is 3. The van der Waals surface area contributed by atoms with Crippen molar-refractivity contribution >= 4 is 38.9 Å². The van der Waals surface area contributed by atoms with Gasteiger partial charge in [-0.25, -0.2) is 13.4 Å². The summed E-state index contributed by atoms with van der Waals surface area (Å²) in [5, 5.41) is 6.46. The lowest BCUT2D eigenvalue weighted by Gasteiger charge is -2.12. The molecule has 0 radical (unpaired) electrons. The third kappa shape index (κ3) is 5.90. The number of rotatable bonds is 8. The van der Waals surface area contributed by atoms with Gasteiger partial charge < -0.3 is 10.6 Å². The quantitative estimate of drug-likeness (QED) is 0.293. The van der Waals surface area contributed by atoms with E-state index < -0.39 is 10.0 Å². The van der Waals surface area contributed by atoms with Crippen LogP contribution in [0.4, 0.5) is 28.8 Å². The van der Waals surface area contributed by atoms with Crippen LogP contribution in [0.1, 0.15) is 23.7 Å². The molecule has 4 aromatic rings. The Hall–Kier alpha value is -3.91. The molecule has 1 aromatic heterocycles. The molecule has 0 aliphatic heterocycles. The molecule has 0 saturated heterocycles. The summed E-state index contributed by atoms with van der Waals surface area (Å²) in [5.41, 5.74) is 5.23. The number of hydrogen-bond acceptors (Lipinski definition) is 6. The summed E-state index contributed by atoms with van der Waals surface area (Å²) < 4.78 is 27.9. The van der Waals surface area contributed by atoms with E-state index in [0.717, 1.165) is 29.1 Å². The summed E-state index contributed by atoms with van der Waals surface area (Å²) in [7, 11) is -3.66. The summed E-state index contributed by atoms with van der Waals surface area (Å²) in [6.45, 7) is 5.97. The lowest BCUT2D eigenvalue weighted by Crippen LogP contribution is -2.13. The smallest absolute Gasteiger partial charge is 0.261 e. The molecule has 174 valence electrons. The number of sulfonamides is 1. The van der Waals surface area contributed by atoms with Crippen LogP contribution in [0.3, 0.4) is 0 Å². The number of nitrogens with one attached hydrogen (secondary N) is 3. The Balaban J connectivity index is 1.45. The Morgan fingerprint density at radius 2 is 1.32 bits per heavy atom. The highest BCUT2D eigenvalue weighted by atomic mass is 32.2. The van der Waals surface area contributed by atoms with E-state index in [1.165, 1.54) is 5.56 Å². The number of aryl methyl sites for hydroxylation is 3. The first-order valence-electron chi connectivity index (χ1n) is 11.0. The number of anilines is 5. The van der Waals surface area contributed by atoms with Gasteiger partial charge in [-0.3, -0.25) is 4.72 Å². The summed E-state index contributed by atoms with van der Waals surface area (Å²) in [6.07, 6.45) is 0.858. The van der Waals surface area contributed by atoms with E-state index in [1.54, 1.807) is 36.4 Å². The van der Waals surface area contributed by atoms with Crippen LogP contribution in [0.5, 0.6) is 0 Å². The highest BCUT2D eigenvalue weighted by molar-refractivity contribution is 7.92. The monoisotopic (exact) mass is 473 g/mol. The fourth-order valence-electron chi connectivity index (χ4n) is 3.34. The van der Waals surface area contributed by atoms with Crippen LogP contribution in [0.2, 0.25) is 0 Å². The van der Waals surface area contributed by atoms with E-state index in [0.29, 0.717) is 17.5 Å². The molecule has 0 fully saturated rings. The summed E-state index contributed by atoms with van der Waals surface area (Å²) in [6, 6.07) is 23.8. The van der Waals surface area contributed by atoms with Crippen molar-refractivity contribution in [2.45, 2.75) is 32.1 Å². The fraction of sp³-hybridized carbons (Fsp3) is 0.154. The lowest BCUT2D eigenvalue weighted by atomic mass is 10.2. The number of hydrogen-bond donors (Lipinski definition) is 3. The second kappa shape index (κ2) is 9.93. The zero-order chi connectivity index (χ0) is 24.1. The van der Waals surface area contributed by atoms with Crippen molar-refractivity contribution in [2.24, 2.45) is 0 Å². The first-order valence-corrected chi connectivity index (χ1v) is 12.5. The fourth-order valence-corrected chi connectivity index (χ4v) is 4.40. The van der Waals surface area contributed by atoms with Crippen LogP contribution >= 0.6 is 0 Å². The predicted molar refractivity (Wildman–Crippen MR) is 138 cm³/mol. The van der Waals surface area contributed by atoms with Crippen LogP contribution in [0.25, 0.3) is 0 Å². The normalized spacial score (nSPS) is 11.1. The van der Waals surface area contributed by atoms with Gasteiger partial charge >= 0.3 is 0 Å². The Kier molecular flexibility index (Phi) is 6.79. The van der Waals surface area contributed by atoms with Crippen LogP contribution < -0.4 is 15.4 Å². The van der Waals surface area contributed by atoms with Crippen molar-refractivity contribution in [1.82, 2.24) is 9.97 Å². The second-order valence-corrected chi connectivity index (χ2v) is 9.70. The highest BCUT2D eigenvalue weighted by Gasteiger charge is 2.14. The molecule has 7 nitrogen and oxygen atoms in total. The number of aromatic nitrogens is 2. The number of nitrogens with zero attached hydrogens (tertiary/aromatic N) is 2. The molecule has 1 heterocycles. The van der Waals surface area contributed by atoms with Gasteiger partial charge in [-0.05, 0) is 74.4 Å². The Labute approximate surface area is 200 Å². The molecule has 0 aliphatic rings. The maximum Gasteiger partial charge on any atom is 0.261 e. The Bertz CT molecular complexity index is 1370. The van der Waals surface area contributed by atoms with Crippen LogP contribution in [-0.4, -0.2) is 18.4 Å². The van der Waals surface area contributed by atoms with Gasteiger partial charge in [0.2, 0.25) is 5.95 Å². The van der Waals surface area contributed by atoms with Gasteiger partial charge in [0.1, 0.15) is 5.82 Å². The zero-order valence-corrected chi connectivity index (χ0v) is 20.1. The molecule has 0 bridgehead atoms. The lowest BCUT2D eigenvalue weighted by molar-refractivity contribution is 0.601. The molecule has 0 spiro atoms. The van der Waals surface area contributed by atoms with Gasteiger partial charge in [-0.2, -0.15) is 4.98 Å². The maximum absolute atomic E-state index is 12.7. The van der Waals surface area contributed by atoms with Crippen molar-refractivity contribution in [3.8, 4) is 0 Å². The van der Waals surface area contributed by atoms with Crippen LogP contribution in [0.15, 0.2) is 83.8 Å².